The van der Waals surface area contributed by atoms with Crippen LogP contribution in [0.4, 0.5) is 8.78 Å². The van der Waals surface area contributed by atoms with E-state index in [0.29, 0.717) is 6.04 Å². The Morgan fingerprint density at radius 3 is 2.52 bits per heavy atom. The standard InChI is InChI=1S/C16H16BrF2NS/c1-10(2)20-9-11-3-6-15(13(17)7-11)21-16-8-12(18)4-5-14(16)19/h3-8,10,20H,9H2,1-2H3. The number of hydrogen-bond donors (Lipinski definition) is 1. The number of halogens is 3. The summed E-state index contributed by atoms with van der Waals surface area (Å²) in [6.07, 6.45) is 0. The van der Waals surface area contributed by atoms with Crippen LogP contribution >= 0.6 is 27.7 Å². The van der Waals surface area contributed by atoms with Gasteiger partial charge in [-0.2, -0.15) is 0 Å². The SMILES string of the molecule is CC(C)NCc1ccc(Sc2cc(F)ccc2F)c(Br)c1. The van der Waals surface area contributed by atoms with Gasteiger partial charge in [-0.05, 0) is 51.8 Å². The summed E-state index contributed by atoms with van der Waals surface area (Å²) in [5, 5.41) is 3.34. The Hall–Kier alpha value is -0.910. The zero-order valence-electron chi connectivity index (χ0n) is 11.8. The van der Waals surface area contributed by atoms with Crippen molar-refractivity contribution in [3.8, 4) is 0 Å². The summed E-state index contributed by atoms with van der Waals surface area (Å²) in [4.78, 5) is 1.14. The third-order valence-electron chi connectivity index (χ3n) is 2.82. The molecule has 21 heavy (non-hydrogen) atoms. The van der Waals surface area contributed by atoms with Crippen molar-refractivity contribution in [2.24, 2.45) is 0 Å². The largest absolute Gasteiger partial charge is 0.310 e. The van der Waals surface area contributed by atoms with Crippen LogP contribution in [0, 0.1) is 11.6 Å². The van der Waals surface area contributed by atoms with Crippen molar-refractivity contribution in [2.75, 3.05) is 0 Å². The highest BCUT2D eigenvalue weighted by molar-refractivity contribution is 9.10. The summed E-state index contributed by atoms with van der Waals surface area (Å²) in [5.41, 5.74) is 1.14. The second-order valence-electron chi connectivity index (χ2n) is 4.98. The molecule has 0 unspecified atom stereocenters. The average molecular weight is 372 g/mol. The second-order valence-corrected chi connectivity index (χ2v) is 6.92. The Labute approximate surface area is 136 Å². The molecule has 0 bridgehead atoms. The highest BCUT2D eigenvalue weighted by Crippen LogP contribution is 2.35. The van der Waals surface area contributed by atoms with Gasteiger partial charge in [0.25, 0.3) is 0 Å². The smallest absolute Gasteiger partial charge is 0.137 e. The maximum atomic E-state index is 13.7. The van der Waals surface area contributed by atoms with Gasteiger partial charge in [0.05, 0.1) is 4.90 Å². The molecule has 2 rings (SSSR count). The topological polar surface area (TPSA) is 12.0 Å². The van der Waals surface area contributed by atoms with Crippen LogP contribution in [0.3, 0.4) is 0 Å². The zero-order chi connectivity index (χ0) is 15.4. The van der Waals surface area contributed by atoms with Gasteiger partial charge in [-0.15, -0.1) is 0 Å². The lowest BCUT2D eigenvalue weighted by molar-refractivity contribution is 0.577. The summed E-state index contributed by atoms with van der Waals surface area (Å²) >= 11 is 4.70. The van der Waals surface area contributed by atoms with Crippen molar-refractivity contribution in [3.63, 3.8) is 0 Å². The molecule has 0 aliphatic carbocycles. The lowest BCUT2D eigenvalue weighted by atomic mass is 10.2. The molecule has 0 heterocycles. The predicted octanol–water partition coefficient (Wildman–Crippen LogP) is 5.38. The van der Waals surface area contributed by atoms with Gasteiger partial charge < -0.3 is 5.32 Å². The van der Waals surface area contributed by atoms with Gasteiger partial charge in [-0.25, -0.2) is 8.78 Å². The van der Waals surface area contributed by atoms with E-state index in [1.54, 1.807) is 0 Å². The van der Waals surface area contributed by atoms with E-state index in [4.69, 9.17) is 0 Å². The van der Waals surface area contributed by atoms with Crippen molar-refractivity contribution in [3.05, 3.63) is 58.1 Å². The second kappa shape index (κ2) is 7.38. The lowest BCUT2D eigenvalue weighted by Gasteiger charge is -2.10. The molecule has 1 N–H and O–H groups in total. The molecule has 2 aromatic rings. The van der Waals surface area contributed by atoms with Crippen LogP contribution in [-0.4, -0.2) is 6.04 Å². The maximum Gasteiger partial charge on any atom is 0.137 e. The maximum absolute atomic E-state index is 13.7. The number of rotatable bonds is 5. The highest BCUT2D eigenvalue weighted by atomic mass is 79.9. The van der Waals surface area contributed by atoms with E-state index in [-0.39, 0.29) is 4.90 Å². The Kier molecular flexibility index (Phi) is 5.79. The summed E-state index contributed by atoms with van der Waals surface area (Å²) < 4.78 is 27.7. The fourth-order valence-electron chi connectivity index (χ4n) is 1.73. The third kappa shape index (κ3) is 4.80. The molecule has 1 nitrogen and oxygen atoms in total. The molecule has 0 aromatic heterocycles. The van der Waals surface area contributed by atoms with Crippen molar-refractivity contribution in [1.29, 1.82) is 0 Å². The molecular formula is C16H16BrF2NS. The molecule has 0 saturated carbocycles. The van der Waals surface area contributed by atoms with Crippen LogP contribution in [0.5, 0.6) is 0 Å². The fourth-order valence-corrected chi connectivity index (χ4v) is 3.27. The van der Waals surface area contributed by atoms with Crippen LogP contribution in [0.25, 0.3) is 0 Å². The molecule has 0 amide bonds. The monoisotopic (exact) mass is 371 g/mol. The molecule has 0 atom stereocenters. The van der Waals surface area contributed by atoms with E-state index in [9.17, 15) is 8.78 Å². The number of nitrogens with one attached hydrogen (secondary N) is 1. The van der Waals surface area contributed by atoms with Crippen LogP contribution in [0.2, 0.25) is 0 Å². The zero-order valence-corrected chi connectivity index (χ0v) is 14.2. The molecular weight excluding hydrogens is 356 g/mol. The van der Waals surface area contributed by atoms with E-state index in [1.165, 1.54) is 17.8 Å². The Bertz CT molecular complexity index is 632. The summed E-state index contributed by atoms with van der Waals surface area (Å²) in [5.74, 6) is -0.855. The molecule has 0 fully saturated rings. The number of hydrogen-bond acceptors (Lipinski definition) is 2. The first-order valence-corrected chi connectivity index (χ1v) is 8.21. The van der Waals surface area contributed by atoms with E-state index in [1.807, 2.05) is 18.2 Å². The van der Waals surface area contributed by atoms with Gasteiger partial charge in [0.2, 0.25) is 0 Å². The molecule has 0 aliphatic heterocycles. The minimum Gasteiger partial charge on any atom is -0.310 e. The lowest BCUT2D eigenvalue weighted by Crippen LogP contribution is -2.21. The van der Waals surface area contributed by atoms with Gasteiger partial charge in [-0.3, -0.25) is 0 Å². The summed E-state index contributed by atoms with van der Waals surface area (Å²) in [6, 6.07) is 9.78. The Balaban J connectivity index is 2.15. The predicted molar refractivity (Wildman–Crippen MR) is 86.6 cm³/mol. The van der Waals surface area contributed by atoms with E-state index >= 15 is 0 Å². The molecule has 5 heteroatoms. The third-order valence-corrected chi connectivity index (χ3v) is 4.85. The van der Waals surface area contributed by atoms with Crippen molar-refractivity contribution in [1.82, 2.24) is 5.32 Å². The van der Waals surface area contributed by atoms with Gasteiger partial charge in [0.15, 0.2) is 0 Å². The van der Waals surface area contributed by atoms with Gasteiger partial charge >= 0.3 is 0 Å². The summed E-state index contributed by atoms with van der Waals surface area (Å²) in [7, 11) is 0. The van der Waals surface area contributed by atoms with Gasteiger partial charge in [-0.1, -0.05) is 31.7 Å². The van der Waals surface area contributed by atoms with Crippen LogP contribution < -0.4 is 5.32 Å². The Morgan fingerprint density at radius 1 is 1.10 bits per heavy atom. The van der Waals surface area contributed by atoms with E-state index in [2.05, 4.69) is 35.1 Å². The Morgan fingerprint density at radius 2 is 1.86 bits per heavy atom. The van der Waals surface area contributed by atoms with Crippen molar-refractivity contribution in [2.45, 2.75) is 36.2 Å². The molecule has 0 saturated heterocycles. The quantitative estimate of drug-likeness (QED) is 0.757. The summed E-state index contributed by atoms with van der Waals surface area (Å²) in [6.45, 7) is 4.95. The fraction of sp³-hybridized carbons (Fsp3) is 0.250. The van der Waals surface area contributed by atoms with Crippen LogP contribution in [-0.2, 0) is 6.54 Å². The first-order chi connectivity index (χ1) is 9.95. The minimum atomic E-state index is -0.437. The van der Waals surface area contributed by atoms with Crippen LogP contribution in [0.15, 0.2) is 50.7 Å². The van der Waals surface area contributed by atoms with Gasteiger partial charge in [0.1, 0.15) is 11.6 Å². The minimum absolute atomic E-state index is 0.281. The molecule has 0 spiro atoms. The highest BCUT2D eigenvalue weighted by Gasteiger charge is 2.09. The average Bonchev–Trinajstić information content (AvgIpc) is 2.43. The van der Waals surface area contributed by atoms with Gasteiger partial charge in [0, 0.05) is 22.0 Å². The van der Waals surface area contributed by atoms with E-state index < -0.39 is 11.6 Å². The first kappa shape index (κ1) is 16.5. The number of benzene rings is 2. The van der Waals surface area contributed by atoms with Crippen LogP contribution in [0.1, 0.15) is 19.4 Å². The normalized spacial score (nSPS) is 11.1. The van der Waals surface area contributed by atoms with Crippen molar-refractivity contribution < 1.29 is 8.78 Å². The van der Waals surface area contributed by atoms with Crippen molar-refractivity contribution >= 4 is 27.7 Å². The van der Waals surface area contributed by atoms with E-state index in [0.717, 1.165) is 33.6 Å². The molecule has 2 aromatic carbocycles. The molecule has 0 aliphatic rings. The molecule has 112 valence electrons. The molecule has 0 radical (unpaired) electrons. The first-order valence-electron chi connectivity index (χ1n) is 6.60.